The van der Waals surface area contributed by atoms with Gasteiger partial charge >= 0.3 is 5.97 Å². The van der Waals surface area contributed by atoms with Crippen LogP contribution in [0.5, 0.6) is 0 Å². The van der Waals surface area contributed by atoms with Crippen molar-refractivity contribution < 1.29 is 53.4 Å². The Kier molecular flexibility index (Phi) is 22.0. The first-order valence-corrected chi connectivity index (χ1v) is 18.5. The number of nitrogens with one attached hydrogen (secondary N) is 7. The Morgan fingerprint density at radius 3 is 1.79 bits per heavy atom. The molecule has 0 bridgehead atoms. The Bertz CT molecular complexity index is 1530. The van der Waals surface area contributed by atoms with Crippen molar-refractivity contribution in [1.29, 1.82) is 0 Å². The lowest BCUT2D eigenvalue weighted by Crippen LogP contribution is -2.60. The van der Waals surface area contributed by atoms with Gasteiger partial charge in [-0.25, -0.2) is 9.78 Å². The highest BCUT2D eigenvalue weighted by Crippen LogP contribution is 2.12. The molecule has 320 valence electrons. The number of carbonyl (C=O) groups is 9. The molecule has 57 heavy (non-hydrogen) atoms. The third kappa shape index (κ3) is 18.2. The van der Waals surface area contributed by atoms with E-state index in [-0.39, 0.29) is 38.6 Å². The molecule has 17 N–H and O–H groups in total. The predicted octanol–water partition coefficient (Wildman–Crippen LogP) is -5.01. The predicted molar refractivity (Wildman–Crippen MR) is 201 cm³/mol. The van der Waals surface area contributed by atoms with Gasteiger partial charge in [0.2, 0.25) is 47.3 Å². The lowest BCUT2D eigenvalue weighted by molar-refractivity contribution is -0.142. The third-order valence-corrected chi connectivity index (χ3v) is 8.87. The summed E-state index contributed by atoms with van der Waals surface area (Å²) in [5.41, 5.74) is 22.1. The van der Waals surface area contributed by atoms with Gasteiger partial charge in [-0.2, -0.15) is 0 Å². The summed E-state index contributed by atoms with van der Waals surface area (Å²) in [6.45, 7) is 3.97. The smallest absolute Gasteiger partial charge is 0.326 e. The first-order chi connectivity index (χ1) is 26.8. The highest BCUT2D eigenvalue weighted by Gasteiger charge is 2.34. The first kappa shape index (κ1) is 49.3. The van der Waals surface area contributed by atoms with Gasteiger partial charge < -0.3 is 70.0 Å². The number of aliphatic carboxylic acids is 1. The van der Waals surface area contributed by atoms with Gasteiger partial charge in [0.05, 0.1) is 24.7 Å². The molecule has 0 saturated heterocycles. The highest BCUT2D eigenvalue weighted by atomic mass is 16.4. The van der Waals surface area contributed by atoms with Crippen LogP contribution in [0.25, 0.3) is 0 Å². The van der Waals surface area contributed by atoms with E-state index >= 15 is 0 Å². The molecule has 0 radical (unpaired) electrons. The molecular formula is C34H58N12O11. The molecule has 1 rings (SSSR count). The van der Waals surface area contributed by atoms with E-state index in [4.69, 9.17) is 22.9 Å². The van der Waals surface area contributed by atoms with Gasteiger partial charge in [0.1, 0.15) is 36.3 Å². The zero-order valence-corrected chi connectivity index (χ0v) is 32.4. The van der Waals surface area contributed by atoms with E-state index in [1.54, 1.807) is 13.8 Å². The molecule has 0 aliphatic heterocycles. The second kappa shape index (κ2) is 25.5. The molecule has 0 saturated carbocycles. The number of carbonyl (C=O) groups excluding carboxylic acids is 8. The Hall–Kier alpha value is -5.68. The van der Waals surface area contributed by atoms with Crippen molar-refractivity contribution in [3.8, 4) is 0 Å². The number of imidazole rings is 1. The number of carboxylic acids is 1. The Labute approximate surface area is 329 Å². The fraction of sp³-hybridized carbons (Fsp3) is 0.647. The molecule has 23 heteroatoms. The maximum atomic E-state index is 13.8. The van der Waals surface area contributed by atoms with Crippen LogP contribution in [0.3, 0.4) is 0 Å². The minimum atomic E-state index is -1.66. The number of nitrogens with two attached hydrogens (primary N) is 4. The number of rotatable bonds is 28. The summed E-state index contributed by atoms with van der Waals surface area (Å²) in [7, 11) is 0. The normalized spacial score (nSPS) is 15.2. The van der Waals surface area contributed by atoms with Crippen molar-refractivity contribution in [2.45, 2.75) is 121 Å². The third-order valence-electron chi connectivity index (χ3n) is 8.87. The van der Waals surface area contributed by atoms with Gasteiger partial charge in [-0.05, 0) is 51.5 Å². The van der Waals surface area contributed by atoms with E-state index in [1.807, 2.05) is 0 Å². The number of nitrogens with zero attached hydrogens (tertiary/aromatic N) is 1. The van der Waals surface area contributed by atoms with Gasteiger partial charge in [-0.3, -0.25) is 38.4 Å². The van der Waals surface area contributed by atoms with E-state index < -0.39 is 114 Å². The fourth-order valence-corrected chi connectivity index (χ4v) is 5.20. The highest BCUT2D eigenvalue weighted by molar-refractivity contribution is 5.97. The number of aliphatic hydroxyl groups is 1. The van der Waals surface area contributed by atoms with Crippen molar-refractivity contribution in [1.82, 2.24) is 41.9 Å². The maximum Gasteiger partial charge on any atom is 0.326 e. The second-order valence-corrected chi connectivity index (χ2v) is 13.5. The molecule has 23 nitrogen and oxygen atoms in total. The van der Waals surface area contributed by atoms with Crippen LogP contribution in [0.2, 0.25) is 0 Å². The van der Waals surface area contributed by atoms with Crippen molar-refractivity contribution in [3.05, 3.63) is 18.2 Å². The first-order valence-electron chi connectivity index (χ1n) is 18.5. The number of aromatic amines is 1. The summed E-state index contributed by atoms with van der Waals surface area (Å²) in [6, 6.07) is -9.58. The van der Waals surface area contributed by atoms with E-state index in [9.17, 15) is 53.4 Å². The zero-order valence-electron chi connectivity index (χ0n) is 32.4. The van der Waals surface area contributed by atoms with Crippen molar-refractivity contribution >= 4 is 53.2 Å². The van der Waals surface area contributed by atoms with Crippen LogP contribution < -0.4 is 54.8 Å². The average Bonchev–Trinajstić information content (AvgIpc) is 3.68. The lowest BCUT2D eigenvalue weighted by Gasteiger charge is -2.29. The van der Waals surface area contributed by atoms with Gasteiger partial charge in [0.25, 0.3) is 0 Å². The van der Waals surface area contributed by atoms with Crippen molar-refractivity contribution in [3.63, 3.8) is 0 Å². The number of carboxylic acid groups (broad SMARTS) is 1. The summed E-state index contributed by atoms with van der Waals surface area (Å²) >= 11 is 0. The molecule has 0 aliphatic carbocycles. The number of H-pyrrole nitrogens is 1. The maximum absolute atomic E-state index is 13.8. The molecule has 0 aromatic carbocycles. The quantitative estimate of drug-likeness (QED) is 0.0353. The molecular weight excluding hydrogens is 752 g/mol. The fourth-order valence-electron chi connectivity index (χ4n) is 5.20. The van der Waals surface area contributed by atoms with Gasteiger partial charge in [-0.1, -0.05) is 20.3 Å². The largest absolute Gasteiger partial charge is 0.480 e. The standard InChI is InChI=1S/C34H58N12O11/c1-4-17(2)27(33(55)44-23(34(56)57)13-19-14-39-16-40-19)46-31(53)21(7-5-6-12-35)42-30(52)22(9-11-26(38)49)43-32(54)24(15-47)45-28(50)18(3)41-29(51)20(36)8-10-25(37)48/h14,16-18,20-24,27,47H,4-13,15,35-36H2,1-3H3,(H2,37,48)(H2,38,49)(H,39,40)(H,41,51)(H,42,52)(H,43,54)(H,44,55)(H,45,50)(H,46,53)(H,56,57)/t17-,18-,20-,21-,22-,23-,24-,27-/m0/s1. The minimum absolute atomic E-state index is 0.0160. The summed E-state index contributed by atoms with van der Waals surface area (Å²) in [6.07, 6.45) is 2.83. The monoisotopic (exact) mass is 810 g/mol. The van der Waals surface area contributed by atoms with Crippen molar-refractivity contribution in [2.24, 2.45) is 28.9 Å². The van der Waals surface area contributed by atoms with Crippen LogP contribution in [0, 0.1) is 5.92 Å². The van der Waals surface area contributed by atoms with Crippen LogP contribution in [-0.2, 0) is 49.6 Å². The van der Waals surface area contributed by atoms with E-state index in [1.165, 1.54) is 19.4 Å². The van der Waals surface area contributed by atoms with Crippen LogP contribution in [0.1, 0.15) is 77.8 Å². The molecule has 8 atom stereocenters. The molecule has 0 spiro atoms. The SMILES string of the molecule is CC[C@H](C)[C@H](NC(=O)[C@H](CCCCN)NC(=O)[C@H](CCC(N)=O)NC(=O)[C@H](CO)NC(=O)[C@H](C)NC(=O)[C@@H](N)CCC(N)=O)C(=O)N[C@@H](Cc1c[nH]cn1)C(=O)O. The molecule has 0 aliphatic rings. The number of hydrogen-bond acceptors (Lipinski definition) is 13. The zero-order chi connectivity index (χ0) is 43.2. The van der Waals surface area contributed by atoms with Crippen molar-refractivity contribution in [2.75, 3.05) is 13.2 Å². The van der Waals surface area contributed by atoms with Crippen LogP contribution >= 0.6 is 0 Å². The Morgan fingerprint density at radius 2 is 1.26 bits per heavy atom. The van der Waals surface area contributed by atoms with Crippen LogP contribution in [0.4, 0.5) is 0 Å². The Balaban J connectivity index is 3.19. The van der Waals surface area contributed by atoms with Gasteiger partial charge in [0.15, 0.2) is 0 Å². The molecule has 1 heterocycles. The summed E-state index contributed by atoms with van der Waals surface area (Å²) in [4.78, 5) is 121. The number of amides is 8. The molecule has 0 fully saturated rings. The number of hydrogen-bond donors (Lipinski definition) is 13. The summed E-state index contributed by atoms with van der Waals surface area (Å²) < 4.78 is 0. The Morgan fingerprint density at radius 1 is 0.719 bits per heavy atom. The van der Waals surface area contributed by atoms with Crippen LogP contribution in [0.15, 0.2) is 12.5 Å². The molecule has 1 aromatic rings. The molecule has 0 unspecified atom stereocenters. The molecule has 1 aromatic heterocycles. The lowest BCUT2D eigenvalue weighted by atomic mass is 9.96. The number of unbranched alkanes of at least 4 members (excludes halogenated alkanes) is 1. The van der Waals surface area contributed by atoms with E-state index in [0.717, 1.165) is 0 Å². The minimum Gasteiger partial charge on any atom is -0.480 e. The molecule has 8 amide bonds. The number of aromatic nitrogens is 2. The second-order valence-electron chi connectivity index (χ2n) is 13.5. The summed E-state index contributed by atoms with van der Waals surface area (Å²) in [5.74, 6) is -8.71. The number of primary amides is 2. The van der Waals surface area contributed by atoms with Gasteiger partial charge in [-0.15, -0.1) is 0 Å². The summed E-state index contributed by atoms with van der Waals surface area (Å²) in [5, 5.41) is 34.2. The topological polar surface area (TPSA) is 399 Å². The van der Waals surface area contributed by atoms with Gasteiger partial charge in [0, 0.05) is 25.5 Å². The average molecular weight is 811 g/mol. The number of aliphatic hydroxyl groups excluding tert-OH is 1. The van der Waals surface area contributed by atoms with E-state index in [0.29, 0.717) is 25.0 Å². The van der Waals surface area contributed by atoms with E-state index in [2.05, 4.69) is 41.9 Å². The van der Waals surface area contributed by atoms with Crippen LogP contribution in [-0.4, -0.2) is 129 Å².